The molecule has 0 unspecified atom stereocenters. The van der Waals surface area contributed by atoms with Crippen LogP contribution in [0.15, 0.2) is 30.7 Å². The first-order valence-corrected chi connectivity index (χ1v) is 4.82. The molecule has 74 valence electrons. The van der Waals surface area contributed by atoms with E-state index < -0.39 is 0 Å². The molecule has 0 atom stereocenters. The second-order valence-corrected chi connectivity index (χ2v) is 3.74. The molecule has 0 saturated heterocycles. The topological polar surface area (TPSA) is 20.5 Å². The van der Waals surface area contributed by atoms with Crippen LogP contribution in [0, 0.1) is 0 Å². The summed E-state index contributed by atoms with van der Waals surface area (Å²) in [6.07, 6.45) is 4.91. The molecule has 0 N–H and O–H groups in total. The second-order valence-electron chi connectivity index (χ2n) is 3.74. The maximum Gasteiger partial charge on any atom is 0.0995 e. The third-order valence-corrected chi connectivity index (χ3v) is 2.32. The number of nitrogens with zero attached hydrogens (tertiary/aromatic N) is 3. The molecule has 0 aromatic carbocycles. The minimum absolute atomic E-state index is 1.01. The van der Waals surface area contributed by atoms with Crippen molar-refractivity contribution in [2.75, 3.05) is 20.6 Å². The summed E-state index contributed by atoms with van der Waals surface area (Å²) in [5.74, 6) is 0. The lowest BCUT2D eigenvalue weighted by Crippen LogP contribution is -2.15. The highest BCUT2D eigenvalue weighted by atomic mass is 15.1. The third-order valence-electron chi connectivity index (χ3n) is 2.32. The lowest BCUT2D eigenvalue weighted by molar-refractivity contribution is 0.412. The van der Waals surface area contributed by atoms with Gasteiger partial charge in [-0.15, -0.1) is 0 Å². The standard InChI is InChI=1S/C11H15N3/c1-13(2)8-6-10-11-5-3-4-7-14(11)9-12-10/h3-5,7,9H,6,8H2,1-2H3. The Balaban J connectivity index is 2.25. The average Bonchev–Trinajstić information content (AvgIpc) is 2.58. The van der Waals surface area contributed by atoms with Crippen LogP contribution < -0.4 is 0 Å². The number of hydrogen-bond acceptors (Lipinski definition) is 2. The molecule has 0 fully saturated rings. The lowest BCUT2D eigenvalue weighted by Gasteiger charge is -2.07. The molecule has 2 aromatic rings. The molecular formula is C11H15N3. The number of rotatable bonds is 3. The zero-order valence-corrected chi connectivity index (χ0v) is 8.64. The van der Waals surface area contributed by atoms with Gasteiger partial charge >= 0.3 is 0 Å². The predicted molar refractivity (Wildman–Crippen MR) is 57.5 cm³/mol. The monoisotopic (exact) mass is 189 g/mol. The quantitative estimate of drug-likeness (QED) is 0.728. The van der Waals surface area contributed by atoms with Crippen LogP contribution in [0.2, 0.25) is 0 Å². The summed E-state index contributed by atoms with van der Waals surface area (Å²) in [6.45, 7) is 1.04. The zero-order chi connectivity index (χ0) is 9.97. The average molecular weight is 189 g/mol. The van der Waals surface area contributed by atoms with Crippen LogP contribution >= 0.6 is 0 Å². The number of imidazole rings is 1. The van der Waals surface area contributed by atoms with E-state index in [0.29, 0.717) is 0 Å². The van der Waals surface area contributed by atoms with Crippen molar-refractivity contribution < 1.29 is 0 Å². The zero-order valence-electron chi connectivity index (χ0n) is 8.64. The van der Waals surface area contributed by atoms with Gasteiger partial charge in [0.2, 0.25) is 0 Å². The van der Waals surface area contributed by atoms with E-state index in [-0.39, 0.29) is 0 Å². The van der Waals surface area contributed by atoms with Gasteiger partial charge in [-0.25, -0.2) is 4.98 Å². The van der Waals surface area contributed by atoms with Crippen LogP contribution in [0.3, 0.4) is 0 Å². The van der Waals surface area contributed by atoms with Gasteiger partial charge in [-0.3, -0.25) is 0 Å². The Kier molecular flexibility index (Phi) is 2.50. The SMILES string of the molecule is CN(C)CCc1ncn2ccccc12. The van der Waals surface area contributed by atoms with Crippen LogP contribution in [-0.4, -0.2) is 34.9 Å². The number of likely N-dealkylation sites (N-methyl/N-ethyl adjacent to an activating group) is 1. The molecule has 2 heterocycles. The molecule has 0 aliphatic heterocycles. The van der Waals surface area contributed by atoms with Crippen LogP contribution in [0.5, 0.6) is 0 Å². The number of fused-ring (bicyclic) bond motifs is 1. The van der Waals surface area contributed by atoms with E-state index in [0.717, 1.165) is 13.0 Å². The van der Waals surface area contributed by atoms with Crippen LogP contribution in [-0.2, 0) is 6.42 Å². The van der Waals surface area contributed by atoms with E-state index in [4.69, 9.17) is 0 Å². The highest BCUT2D eigenvalue weighted by Crippen LogP contribution is 2.09. The second kappa shape index (κ2) is 3.80. The van der Waals surface area contributed by atoms with Crippen molar-refractivity contribution in [2.24, 2.45) is 0 Å². The summed E-state index contributed by atoms with van der Waals surface area (Å²) < 4.78 is 2.06. The normalized spacial score (nSPS) is 11.4. The molecule has 0 spiro atoms. The van der Waals surface area contributed by atoms with E-state index in [9.17, 15) is 0 Å². The van der Waals surface area contributed by atoms with E-state index in [1.54, 1.807) is 0 Å². The Morgan fingerprint density at radius 2 is 2.21 bits per heavy atom. The van der Waals surface area contributed by atoms with Crippen molar-refractivity contribution in [3.8, 4) is 0 Å². The minimum Gasteiger partial charge on any atom is -0.309 e. The minimum atomic E-state index is 1.01. The molecule has 3 nitrogen and oxygen atoms in total. The van der Waals surface area contributed by atoms with Gasteiger partial charge in [0, 0.05) is 19.2 Å². The van der Waals surface area contributed by atoms with Gasteiger partial charge in [0.1, 0.15) is 0 Å². The van der Waals surface area contributed by atoms with Crippen molar-refractivity contribution >= 4 is 5.52 Å². The van der Waals surface area contributed by atoms with Crippen molar-refractivity contribution in [2.45, 2.75) is 6.42 Å². The molecule has 0 aliphatic carbocycles. The van der Waals surface area contributed by atoms with Crippen LogP contribution in [0.25, 0.3) is 5.52 Å². The van der Waals surface area contributed by atoms with E-state index in [1.165, 1.54) is 11.2 Å². The summed E-state index contributed by atoms with van der Waals surface area (Å²) in [7, 11) is 4.16. The Labute approximate surface area is 84.0 Å². The maximum absolute atomic E-state index is 4.40. The summed E-state index contributed by atoms with van der Waals surface area (Å²) >= 11 is 0. The van der Waals surface area contributed by atoms with Crippen molar-refractivity contribution in [1.82, 2.24) is 14.3 Å². The predicted octanol–water partition coefficient (Wildman–Crippen LogP) is 1.44. The fourth-order valence-electron chi connectivity index (χ4n) is 1.52. The highest BCUT2D eigenvalue weighted by molar-refractivity contribution is 5.51. The van der Waals surface area contributed by atoms with E-state index in [1.807, 2.05) is 18.6 Å². The Morgan fingerprint density at radius 1 is 1.36 bits per heavy atom. The van der Waals surface area contributed by atoms with E-state index in [2.05, 4.69) is 40.5 Å². The van der Waals surface area contributed by atoms with Gasteiger partial charge < -0.3 is 9.30 Å². The number of aromatic nitrogens is 2. The first-order valence-electron chi connectivity index (χ1n) is 4.82. The van der Waals surface area contributed by atoms with Crippen LogP contribution in [0.4, 0.5) is 0 Å². The number of pyridine rings is 1. The van der Waals surface area contributed by atoms with E-state index >= 15 is 0 Å². The molecule has 3 heteroatoms. The van der Waals surface area contributed by atoms with Crippen molar-refractivity contribution in [1.29, 1.82) is 0 Å². The first-order chi connectivity index (χ1) is 6.77. The number of hydrogen-bond donors (Lipinski definition) is 0. The van der Waals surface area contributed by atoms with Gasteiger partial charge in [-0.2, -0.15) is 0 Å². The molecule has 0 saturated carbocycles. The smallest absolute Gasteiger partial charge is 0.0995 e. The Hall–Kier alpha value is -1.35. The summed E-state index contributed by atoms with van der Waals surface area (Å²) in [6, 6.07) is 6.18. The molecular weight excluding hydrogens is 174 g/mol. The molecule has 2 rings (SSSR count). The maximum atomic E-state index is 4.40. The summed E-state index contributed by atoms with van der Waals surface area (Å²) in [5, 5.41) is 0. The lowest BCUT2D eigenvalue weighted by atomic mass is 10.2. The fraction of sp³-hybridized carbons (Fsp3) is 0.364. The van der Waals surface area contributed by atoms with Gasteiger partial charge in [-0.05, 0) is 26.2 Å². The van der Waals surface area contributed by atoms with Gasteiger partial charge in [0.15, 0.2) is 0 Å². The van der Waals surface area contributed by atoms with Crippen LogP contribution in [0.1, 0.15) is 5.69 Å². The summed E-state index contributed by atoms with van der Waals surface area (Å²) in [4.78, 5) is 6.58. The summed E-state index contributed by atoms with van der Waals surface area (Å²) in [5.41, 5.74) is 2.40. The Morgan fingerprint density at radius 3 is 3.00 bits per heavy atom. The largest absolute Gasteiger partial charge is 0.309 e. The molecule has 0 bridgehead atoms. The Bertz CT molecular complexity index is 417. The molecule has 14 heavy (non-hydrogen) atoms. The van der Waals surface area contributed by atoms with Crippen molar-refractivity contribution in [3.63, 3.8) is 0 Å². The fourth-order valence-corrected chi connectivity index (χ4v) is 1.52. The molecule has 2 aromatic heterocycles. The van der Waals surface area contributed by atoms with Crippen molar-refractivity contribution in [3.05, 3.63) is 36.4 Å². The van der Waals surface area contributed by atoms with Gasteiger partial charge in [-0.1, -0.05) is 6.07 Å². The van der Waals surface area contributed by atoms with Gasteiger partial charge in [0.05, 0.1) is 17.5 Å². The third kappa shape index (κ3) is 1.77. The molecule has 0 aliphatic rings. The molecule has 0 radical (unpaired) electrons. The highest BCUT2D eigenvalue weighted by Gasteiger charge is 2.02. The molecule has 0 amide bonds. The first kappa shape index (κ1) is 9.21. The van der Waals surface area contributed by atoms with Gasteiger partial charge in [0.25, 0.3) is 0 Å².